The summed E-state index contributed by atoms with van der Waals surface area (Å²) in [6.45, 7) is 7.32. The average Bonchev–Trinajstić information content (AvgIpc) is 3.18. The molecule has 1 aromatic carbocycles. The van der Waals surface area contributed by atoms with Crippen molar-refractivity contribution >= 4 is 29.7 Å². The predicted octanol–water partition coefficient (Wildman–Crippen LogP) is 3.95. The molecule has 1 saturated heterocycles. The largest absolute Gasteiger partial charge is 0.449 e. The molecule has 0 aliphatic carbocycles. The highest BCUT2D eigenvalue weighted by molar-refractivity contribution is 5.98. The molecule has 0 bridgehead atoms. The zero-order valence-electron chi connectivity index (χ0n) is 19.2. The van der Waals surface area contributed by atoms with Crippen molar-refractivity contribution in [3.63, 3.8) is 0 Å². The number of nitrogens with two attached hydrogens (primary N) is 1. The second-order valence-corrected chi connectivity index (χ2v) is 9.43. The minimum absolute atomic E-state index is 0.0597. The summed E-state index contributed by atoms with van der Waals surface area (Å²) in [5.74, 6) is -1.01. The zero-order valence-corrected chi connectivity index (χ0v) is 19.2. The quantitative estimate of drug-likeness (QED) is 0.542. The summed E-state index contributed by atoms with van der Waals surface area (Å²) in [7, 11) is 0. The first-order chi connectivity index (χ1) is 15.6. The lowest BCUT2D eigenvalue weighted by Gasteiger charge is -2.36. The van der Waals surface area contributed by atoms with Gasteiger partial charge in [-0.3, -0.25) is 9.48 Å². The summed E-state index contributed by atoms with van der Waals surface area (Å²) in [4.78, 5) is 26.2. The smallest absolute Gasteiger partial charge is 0.409 e. The minimum Gasteiger partial charge on any atom is -0.449 e. The summed E-state index contributed by atoms with van der Waals surface area (Å²) < 4.78 is 20.2. The van der Waals surface area contributed by atoms with Crippen LogP contribution in [0.4, 0.5) is 20.7 Å². The van der Waals surface area contributed by atoms with E-state index in [2.05, 4.69) is 31.2 Å². The number of carbonyl (C=O) groups is 2. The van der Waals surface area contributed by atoms with Gasteiger partial charge in [-0.1, -0.05) is 20.8 Å². The summed E-state index contributed by atoms with van der Waals surface area (Å²) in [6.07, 6.45) is 3.77. The number of rotatable bonds is 7. The minimum atomic E-state index is -0.675. The number of aromatic nitrogens is 2. The van der Waals surface area contributed by atoms with Gasteiger partial charge in [-0.05, 0) is 42.5 Å². The van der Waals surface area contributed by atoms with Gasteiger partial charge in [-0.2, -0.15) is 5.10 Å². The van der Waals surface area contributed by atoms with E-state index >= 15 is 0 Å². The summed E-state index contributed by atoms with van der Waals surface area (Å²) in [5, 5.41) is 15.3. The molecule has 10 heteroatoms. The van der Waals surface area contributed by atoms with Crippen LogP contribution >= 0.6 is 0 Å². The lowest BCUT2D eigenvalue weighted by atomic mass is 9.93. The third kappa shape index (κ3) is 6.30. The fourth-order valence-electron chi connectivity index (χ4n) is 3.63. The van der Waals surface area contributed by atoms with Gasteiger partial charge in [-0.15, -0.1) is 0 Å². The number of nitrogens with one attached hydrogen (secondary N) is 2. The van der Waals surface area contributed by atoms with E-state index in [0.717, 1.165) is 6.42 Å². The lowest BCUT2D eigenvalue weighted by Crippen LogP contribution is -2.45. The maximum absolute atomic E-state index is 13.2. The van der Waals surface area contributed by atoms with Gasteiger partial charge in [0, 0.05) is 37.1 Å². The van der Waals surface area contributed by atoms with Gasteiger partial charge in [0.25, 0.3) is 5.91 Å². The van der Waals surface area contributed by atoms with Gasteiger partial charge in [-0.25, -0.2) is 9.18 Å². The van der Waals surface area contributed by atoms with E-state index < -0.39 is 12.0 Å². The van der Waals surface area contributed by atoms with Gasteiger partial charge < -0.3 is 26.1 Å². The van der Waals surface area contributed by atoms with E-state index in [-0.39, 0.29) is 41.1 Å². The fraction of sp³-hybridized carbons (Fsp3) is 0.478. The van der Waals surface area contributed by atoms with Crippen LogP contribution < -0.4 is 11.1 Å². The van der Waals surface area contributed by atoms with E-state index in [4.69, 9.17) is 15.9 Å². The third-order valence-electron chi connectivity index (χ3n) is 5.63. The number of likely N-dealkylation sites (tertiary alicyclic amines) is 1. The maximum Gasteiger partial charge on any atom is 0.409 e. The van der Waals surface area contributed by atoms with Crippen LogP contribution in [0.15, 0.2) is 30.5 Å². The van der Waals surface area contributed by atoms with Gasteiger partial charge >= 0.3 is 6.09 Å². The van der Waals surface area contributed by atoms with Crippen LogP contribution in [0.2, 0.25) is 0 Å². The highest BCUT2D eigenvalue weighted by Gasteiger charge is 2.34. The Kier molecular flexibility index (Phi) is 7.35. The molecule has 4 N–H and O–H groups in total. The molecule has 33 heavy (non-hydrogen) atoms. The van der Waals surface area contributed by atoms with Gasteiger partial charge in [0.05, 0.1) is 12.6 Å². The van der Waals surface area contributed by atoms with Crippen LogP contribution in [0.1, 0.15) is 50.0 Å². The molecular formula is C23H31FN6O3. The normalized spacial score (nSPS) is 18.6. The Labute approximate surface area is 192 Å². The number of ether oxygens (including phenoxy) is 1. The summed E-state index contributed by atoms with van der Waals surface area (Å²) in [6, 6.07) is 5.26. The predicted molar refractivity (Wildman–Crippen MR) is 123 cm³/mol. The molecule has 1 aliphatic heterocycles. The number of benzene rings is 1. The van der Waals surface area contributed by atoms with Crippen molar-refractivity contribution in [3.05, 3.63) is 41.8 Å². The van der Waals surface area contributed by atoms with Gasteiger partial charge in [0.2, 0.25) is 0 Å². The third-order valence-corrected chi connectivity index (χ3v) is 5.63. The Morgan fingerprint density at radius 2 is 2.03 bits per heavy atom. The van der Waals surface area contributed by atoms with E-state index in [0.29, 0.717) is 25.3 Å². The molecule has 3 rings (SSSR count). The average molecular weight is 459 g/mol. The van der Waals surface area contributed by atoms with Crippen LogP contribution in [-0.4, -0.2) is 52.6 Å². The number of piperidine rings is 1. The van der Waals surface area contributed by atoms with Crippen molar-refractivity contribution in [2.45, 2.75) is 39.7 Å². The van der Waals surface area contributed by atoms with Crippen molar-refractivity contribution < 1.29 is 18.7 Å². The monoisotopic (exact) mass is 458 g/mol. The molecule has 178 valence electrons. The van der Waals surface area contributed by atoms with E-state index in [9.17, 15) is 14.0 Å². The molecule has 2 amide bonds. The molecule has 1 fully saturated rings. The Morgan fingerprint density at radius 3 is 2.64 bits per heavy atom. The Hall–Kier alpha value is -3.43. The van der Waals surface area contributed by atoms with Crippen molar-refractivity contribution in [2.75, 3.05) is 25.0 Å². The van der Waals surface area contributed by atoms with Crippen molar-refractivity contribution in [2.24, 2.45) is 17.1 Å². The highest BCUT2D eigenvalue weighted by atomic mass is 19.1. The number of primary amides is 1. The molecule has 2 aromatic rings. The topological polar surface area (TPSA) is 126 Å². The number of amides is 2. The van der Waals surface area contributed by atoms with Crippen LogP contribution in [0.3, 0.4) is 0 Å². The lowest BCUT2D eigenvalue weighted by molar-refractivity contribution is 0.0707. The molecule has 0 spiro atoms. The zero-order chi connectivity index (χ0) is 24.2. The second-order valence-electron chi connectivity index (χ2n) is 9.43. The van der Waals surface area contributed by atoms with Crippen molar-refractivity contribution in [1.82, 2.24) is 14.7 Å². The molecule has 2 atom stereocenters. The Bertz CT molecular complexity index is 999. The maximum atomic E-state index is 13.2. The highest BCUT2D eigenvalue weighted by Crippen LogP contribution is 2.30. The van der Waals surface area contributed by atoms with Crippen LogP contribution in [-0.2, 0) is 4.74 Å². The SMILES string of the molecule is CC(C)(C)CCOC(=O)N1CC[C@@H](C=N)[C@H](n2cc(C(N)=O)c(Nc3ccc(F)cc3)n2)C1. The second kappa shape index (κ2) is 10.0. The number of halogens is 1. The Balaban J connectivity index is 1.78. The molecule has 1 aromatic heterocycles. The molecular weight excluding hydrogens is 427 g/mol. The Morgan fingerprint density at radius 1 is 1.33 bits per heavy atom. The van der Waals surface area contributed by atoms with E-state index in [1.807, 2.05) is 0 Å². The van der Waals surface area contributed by atoms with Crippen LogP contribution in [0.25, 0.3) is 0 Å². The first-order valence-corrected chi connectivity index (χ1v) is 10.9. The van der Waals surface area contributed by atoms with Crippen molar-refractivity contribution in [1.29, 1.82) is 5.41 Å². The number of hydrogen-bond donors (Lipinski definition) is 3. The van der Waals surface area contributed by atoms with Crippen molar-refractivity contribution in [3.8, 4) is 0 Å². The number of nitrogens with zero attached hydrogens (tertiary/aromatic N) is 3. The molecule has 0 radical (unpaired) electrons. The van der Waals surface area contributed by atoms with Gasteiger partial charge in [0.15, 0.2) is 5.82 Å². The summed E-state index contributed by atoms with van der Waals surface area (Å²) >= 11 is 0. The molecule has 9 nitrogen and oxygen atoms in total. The first kappa shape index (κ1) is 24.2. The standard InChI is InChI=1S/C23H31FN6O3/c1-23(2,3)9-11-33-22(32)29-10-8-15(12-25)19(14-29)30-13-18(20(26)31)21(28-30)27-17-6-4-16(24)5-7-17/h4-7,12-13,15,19,25H,8-11,14H2,1-3H3,(H2,26,31)(H,27,28)/t15-,19+/m0/s1. The molecule has 2 heterocycles. The van der Waals surface area contributed by atoms with Crippen LogP contribution in [0, 0.1) is 22.6 Å². The molecule has 0 unspecified atom stereocenters. The first-order valence-electron chi connectivity index (χ1n) is 10.9. The van der Waals surface area contributed by atoms with E-state index in [1.165, 1.54) is 36.7 Å². The molecule has 1 aliphatic rings. The van der Waals surface area contributed by atoms with Gasteiger partial charge in [0.1, 0.15) is 11.4 Å². The number of carbonyl (C=O) groups excluding carboxylic acids is 2. The van der Waals surface area contributed by atoms with E-state index in [1.54, 1.807) is 9.58 Å². The number of anilines is 2. The fourth-order valence-corrected chi connectivity index (χ4v) is 3.63. The number of hydrogen-bond acceptors (Lipinski definition) is 6. The summed E-state index contributed by atoms with van der Waals surface area (Å²) in [5.41, 5.74) is 6.31. The van der Waals surface area contributed by atoms with Crippen LogP contribution in [0.5, 0.6) is 0 Å². The molecule has 0 saturated carbocycles.